The van der Waals surface area contributed by atoms with E-state index in [4.69, 9.17) is 0 Å². The van der Waals surface area contributed by atoms with Crippen molar-refractivity contribution < 1.29 is 18.3 Å². The van der Waals surface area contributed by atoms with Crippen LogP contribution in [0, 0.1) is 0 Å². The van der Waals surface area contributed by atoms with Crippen molar-refractivity contribution >= 4 is 43.0 Å². The second kappa shape index (κ2) is 8.87. The second-order valence-corrected chi connectivity index (χ2v) is 10.1. The lowest BCUT2D eigenvalue weighted by Gasteiger charge is -2.08. The smallest absolute Gasteiger partial charge is 0.224 e. The Morgan fingerprint density at radius 2 is 1.74 bits per heavy atom. The molecule has 0 radical (unpaired) electrons. The number of amides is 1. The number of phenolic OH excluding ortho intramolecular Hbond substituents is 1. The largest absolute Gasteiger partial charge is 0.507 e. The van der Waals surface area contributed by atoms with Crippen LogP contribution < -0.4 is 5.32 Å². The summed E-state index contributed by atoms with van der Waals surface area (Å²) in [4.78, 5) is 17.1. The zero-order valence-electron chi connectivity index (χ0n) is 16.5. The number of aromatic hydroxyl groups is 1. The monoisotopic (exact) mass is 452 g/mol. The van der Waals surface area contributed by atoms with Crippen molar-refractivity contribution in [1.82, 2.24) is 4.98 Å². The first-order valence-corrected chi connectivity index (χ1v) is 12.2. The van der Waals surface area contributed by atoms with Crippen LogP contribution >= 0.6 is 11.3 Å². The van der Waals surface area contributed by atoms with Crippen molar-refractivity contribution in [2.24, 2.45) is 0 Å². The van der Waals surface area contributed by atoms with E-state index in [1.807, 2.05) is 24.3 Å². The minimum absolute atomic E-state index is 0.0728. The van der Waals surface area contributed by atoms with Gasteiger partial charge in [0.15, 0.2) is 9.84 Å². The Balaban J connectivity index is 1.41. The number of nitrogens with zero attached hydrogens (tertiary/aromatic N) is 1. The molecule has 0 atom stereocenters. The van der Waals surface area contributed by atoms with E-state index < -0.39 is 9.84 Å². The number of anilines is 1. The van der Waals surface area contributed by atoms with Gasteiger partial charge in [-0.2, -0.15) is 0 Å². The van der Waals surface area contributed by atoms with Gasteiger partial charge >= 0.3 is 0 Å². The fraction of sp³-hybridized carbons (Fsp3) is 0.130. The predicted octanol–water partition coefficient (Wildman–Crippen LogP) is 4.86. The number of hydrogen-bond acceptors (Lipinski definition) is 6. The molecule has 0 bridgehead atoms. The van der Waals surface area contributed by atoms with Crippen molar-refractivity contribution in [2.45, 2.75) is 17.7 Å². The number of benzene rings is 3. The lowest BCUT2D eigenvalue weighted by atomic mass is 10.1. The standard InChI is InChI=1S/C23H20N2O4S2/c26-20-13-12-16(15-18(20)23-25-19-9-4-5-10-21(19)30-23)24-22(27)11-6-14-31(28,29)17-7-2-1-3-8-17/h1-5,7-10,12-13,15,26H,6,11,14H2,(H,24,27). The fourth-order valence-corrected chi connectivity index (χ4v) is 5.49. The highest BCUT2D eigenvalue weighted by Crippen LogP contribution is 2.36. The highest BCUT2D eigenvalue weighted by molar-refractivity contribution is 7.91. The molecule has 8 heteroatoms. The first-order valence-electron chi connectivity index (χ1n) is 9.69. The van der Waals surface area contributed by atoms with Crippen LogP contribution in [-0.2, 0) is 14.6 Å². The summed E-state index contributed by atoms with van der Waals surface area (Å²) in [5.74, 6) is -0.313. The van der Waals surface area contributed by atoms with Crippen LogP contribution in [0.25, 0.3) is 20.8 Å². The molecule has 0 fully saturated rings. The molecule has 0 spiro atoms. The molecular formula is C23H20N2O4S2. The number of rotatable bonds is 7. The Morgan fingerprint density at radius 3 is 2.52 bits per heavy atom. The maximum absolute atomic E-state index is 12.3. The van der Waals surface area contributed by atoms with E-state index in [2.05, 4.69) is 10.3 Å². The normalized spacial score (nSPS) is 11.5. The number of aromatic nitrogens is 1. The number of carbonyl (C=O) groups excluding carboxylic acids is 1. The van der Waals surface area contributed by atoms with Gasteiger partial charge in [-0.25, -0.2) is 13.4 Å². The molecule has 0 saturated heterocycles. The molecule has 31 heavy (non-hydrogen) atoms. The maximum Gasteiger partial charge on any atom is 0.224 e. The highest BCUT2D eigenvalue weighted by atomic mass is 32.2. The minimum Gasteiger partial charge on any atom is -0.507 e. The van der Waals surface area contributed by atoms with E-state index in [-0.39, 0.29) is 35.1 Å². The van der Waals surface area contributed by atoms with Gasteiger partial charge in [0.05, 0.1) is 26.4 Å². The molecule has 1 amide bonds. The van der Waals surface area contributed by atoms with Crippen LogP contribution in [0.15, 0.2) is 77.7 Å². The first-order chi connectivity index (χ1) is 14.9. The zero-order valence-corrected chi connectivity index (χ0v) is 18.1. The Morgan fingerprint density at radius 1 is 1.00 bits per heavy atom. The first kappa shape index (κ1) is 21.0. The van der Waals surface area contributed by atoms with Crippen molar-refractivity contribution in [2.75, 3.05) is 11.1 Å². The molecule has 0 saturated carbocycles. The Labute approximate surface area is 184 Å². The van der Waals surface area contributed by atoms with Gasteiger partial charge in [-0.15, -0.1) is 11.3 Å². The lowest BCUT2D eigenvalue weighted by molar-refractivity contribution is -0.116. The SMILES string of the molecule is O=C(CCCS(=O)(=O)c1ccccc1)Nc1ccc(O)c(-c2nc3ccccc3s2)c1. The molecule has 2 N–H and O–H groups in total. The van der Waals surface area contributed by atoms with Crippen molar-refractivity contribution in [3.63, 3.8) is 0 Å². The fourth-order valence-electron chi connectivity index (χ4n) is 3.16. The predicted molar refractivity (Wildman–Crippen MR) is 123 cm³/mol. The molecule has 1 heterocycles. The van der Waals surface area contributed by atoms with Crippen molar-refractivity contribution in [3.05, 3.63) is 72.8 Å². The summed E-state index contributed by atoms with van der Waals surface area (Å²) in [7, 11) is -3.41. The molecular weight excluding hydrogens is 432 g/mol. The number of thiazole rings is 1. The van der Waals surface area contributed by atoms with E-state index in [9.17, 15) is 18.3 Å². The van der Waals surface area contributed by atoms with Gasteiger partial charge in [0, 0.05) is 12.1 Å². The van der Waals surface area contributed by atoms with Gasteiger partial charge in [0.1, 0.15) is 10.8 Å². The average Bonchev–Trinajstić information content (AvgIpc) is 3.19. The van der Waals surface area contributed by atoms with Gasteiger partial charge in [0.25, 0.3) is 0 Å². The number of sulfone groups is 1. The Hall–Kier alpha value is -3.23. The number of nitrogens with one attached hydrogen (secondary N) is 1. The summed E-state index contributed by atoms with van der Waals surface area (Å²) in [5, 5.41) is 13.7. The van der Waals surface area contributed by atoms with E-state index in [1.165, 1.54) is 17.4 Å². The molecule has 0 aliphatic heterocycles. The number of carbonyl (C=O) groups is 1. The number of hydrogen-bond donors (Lipinski definition) is 2. The summed E-state index contributed by atoms with van der Waals surface area (Å²) >= 11 is 1.46. The Kier molecular flexibility index (Phi) is 6.01. The van der Waals surface area contributed by atoms with Gasteiger partial charge in [-0.3, -0.25) is 4.79 Å². The zero-order chi connectivity index (χ0) is 21.8. The maximum atomic E-state index is 12.3. The van der Waals surface area contributed by atoms with Crippen molar-refractivity contribution in [1.29, 1.82) is 0 Å². The molecule has 6 nitrogen and oxygen atoms in total. The van der Waals surface area contributed by atoms with E-state index in [1.54, 1.807) is 42.5 Å². The van der Waals surface area contributed by atoms with Gasteiger partial charge in [-0.05, 0) is 48.9 Å². The summed E-state index contributed by atoms with van der Waals surface area (Å²) < 4.78 is 25.6. The van der Waals surface area contributed by atoms with Crippen LogP contribution in [0.5, 0.6) is 5.75 Å². The highest BCUT2D eigenvalue weighted by Gasteiger charge is 2.15. The molecule has 1 aromatic heterocycles. The van der Waals surface area contributed by atoms with Gasteiger partial charge in [0.2, 0.25) is 5.91 Å². The van der Waals surface area contributed by atoms with Crippen LogP contribution in [-0.4, -0.2) is 30.2 Å². The summed E-state index contributed by atoms with van der Waals surface area (Å²) in [6.45, 7) is 0. The molecule has 0 unspecified atom stereocenters. The topological polar surface area (TPSA) is 96.4 Å². The van der Waals surface area contributed by atoms with Gasteiger partial charge in [-0.1, -0.05) is 30.3 Å². The van der Waals surface area contributed by atoms with Gasteiger partial charge < -0.3 is 10.4 Å². The molecule has 0 aliphatic carbocycles. The average molecular weight is 453 g/mol. The molecule has 4 aromatic rings. The number of fused-ring (bicyclic) bond motifs is 1. The molecule has 4 rings (SSSR count). The summed E-state index contributed by atoms with van der Waals surface area (Å²) in [5.41, 5.74) is 1.89. The van der Waals surface area contributed by atoms with Crippen molar-refractivity contribution in [3.8, 4) is 16.3 Å². The second-order valence-electron chi connectivity index (χ2n) is 7.00. The molecule has 3 aromatic carbocycles. The third-order valence-corrected chi connectivity index (χ3v) is 7.61. The summed E-state index contributed by atoms with van der Waals surface area (Å²) in [6, 6.07) is 20.7. The molecule has 158 valence electrons. The minimum atomic E-state index is -3.41. The van der Waals surface area contributed by atoms with Crippen LogP contribution in [0.2, 0.25) is 0 Å². The van der Waals surface area contributed by atoms with E-state index in [0.29, 0.717) is 16.3 Å². The molecule has 0 aliphatic rings. The van der Waals surface area contributed by atoms with Crippen LogP contribution in [0.3, 0.4) is 0 Å². The number of phenols is 1. The van der Waals surface area contributed by atoms with E-state index >= 15 is 0 Å². The quantitative estimate of drug-likeness (QED) is 0.390. The summed E-state index contributed by atoms with van der Waals surface area (Å²) in [6.07, 6.45) is 0.287. The number of para-hydroxylation sites is 1. The Bertz CT molecular complexity index is 1300. The van der Waals surface area contributed by atoms with Crippen LogP contribution in [0.1, 0.15) is 12.8 Å². The third kappa shape index (κ3) is 4.92. The third-order valence-electron chi connectivity index (χ3n) is 4.72. The lowest BCUT2D eigenvalue weighted by Crippen LogP contribution is -2.14. The van der Waals surface area contributed by atoms with E-state index in [0.717, 1.165) is 10.2 Å². The van der Waals surface area contributed by atoms with Crippen LogP contribution in [0.4, 0.5) is 5.69 Å².